The molecule has 0 aliphatic carbocycles. The average molecular weight is 609 g/mol. The van der Waals surface area contributed by atoms with Crippen molar-refractivity contribution in [2.45, 2.75) is 44.4 Å². The largest absolute Gasteiger partial charge is 0.497 e. The van der Waals surface area contributed by atoms with Crippen molar-refractivity contribution >= 4 is 28.3 Å². The van der Waals surface area contributed by atoms with Crippen molar-refractivity contribution in [3.8, 4) is 11.4 Å². The molecular weight excluding hydrogens is 572 g/mol. The molecule has 0 bridgehead atoms. The van der Waals surface area contributed by atoms with Gasteiger partial charge in [-0.05, 0) is 54.8 Å². The van der Waals surface area contributed by atoms with Gasteiger partial charge in [-0.2, -0.15) is 9.78 Å². The van der Waals surface area contributed by atoms with E-state index >= 15 is 0 Å². The molecule has 2 N–H and O–H groups in total. The maximum Gasteiger partial charge on any atom is 0.279 e. The molecule has 3 atom stereocenters. The van der Waals surface area contributed by atoms with Crippen LogP contribution in [0.25, 0.3) is 16.5 Å². The normalized spacial score (nSPS) is 20.3. The number of likely N-dealkylation sites (tertiary alicyclic amines) is 1. The molecule has 232 valence electrons. The van der Waals surface area contributed by atoms with Gasteiger partial charge < -0.3 is 24.7 Å². The van der Waals surface area contributed by atoms with Gasteiger partial charge in [0.2, 0.25) is 5.91 Å². The monoisotopic (exact) mass is 608 g/mol. The second kappa shape index (κ2) is 12.3. The fourth-order valence-corrected chi connectivity index (χ4v) is 6.39. The molecule has 2 aliphatic heterocycles. The summed E-state index contributed by atoms with van der Waals surface area (Å²) in [6.45, 7) is 2.50. The molecule has 0 radical (unpaired) electrons. The van der Waals surface area contributed by atoms with Crippen molar-refractivity contribution in [3.63, 3.8) is 0 Å². The number of carbonyl (C=O) groups is 2. The molecule has 0 unspecified atom stereocenters. The zero-order chi connectivity index (χ0) is 31.7. The molecule has 1 fully saturated rings. The van der Waals surface area contributed by atoms with Gasteiger partial charge in [0.25, 0.3) is 11.5 Å². The van der Waals surface area contributed by atoms with E-state index in [0.717, 1.165) is 23.8 Å². The van der Waals surface area contributed by atoms with Gasteiger partial charge in [0, 0.05) is 29.8 Å². The van der Waals surface area contributed by atoms with E-state index in [1.807, 2.05) is 30.3 Å². The van der Waals surface area contributed by atoms with Gasteiger partial charge in [-0.25, -0.2) is 0 Å². The molecular formula is C35H36N4O6. The first kappa shape index (κ1) is 30.2. The van der Waals surface area contributed by atoms with Gasteiger partial charge in [-0.3, -0.25) is 14.4 Å². The third-order valence-corrected chi connectivity index (χ3v) is 8.98. The van der Waals surface area contributed by atoms with E-state index in [2.05, 4.69) is 5.10 Å². The summed E-state index contributed by atoms with van der Waals surface area (Å²) in [5, 5.41) is 27.3. The Labute approximate surface area is 260 Å². The standard InChI is InChI=1S/C35H36N4O6/c1-23(7-5-11-32(41)37-18-6-9-27(37)22-40)35(44)30-19-28(45-2)16-17-31(30)38(34(35)43)21-24-12-14-26(15-13-24)39-33(42)29-10-4-3-8-25(29)20-36-39/h3-5,7-8,10,12-17,19-20,23,27,40,44H,6,9,11,18,21-22H2,1-2H3/b7-5+/t23-,27-,35+/m0/s1. The highest BCUT2D eigenvalue weighted by molar-refractivity contribution is 6.07. The van der Waals surface area contributed by atoms with Crippen LogP contribution in [0.3, 0.4) is 0 Å². The van der Waals surface area contributed by atoms with E-state index in [9.17, 15) is 24.6 Å². The van der Waals surface area contributed by atoms with Crippen LogP contribution in [0.4, 0.5) is 5.69 Å². The zero-order valence-electron chi connectivity index (χ0n) is 25.3. The van der Waals surface area contributed by atoms with Crippen LogP contribution in [0.2, 0.25) is 0 Å². The van der Waals surface area contributed by atoms with Gasteiger partial charge in [-0.15, -0.1) is 0 Å². The lowest BCUT2D eigenvalue weighted by molar-refractivity contribution is -0.139. The molecule has 45 heavy (non-hydrogen) atoms. The number of anilines is 1. The highest BCUT2D eigenvalue weighted by Crippen LogP contribution is 2.47. The van der Waals surface area contributed by atoms with Gasteiger partial charge >= 0.3 is 0 Å². The van der Waals surface area contributed by atoms with Crippen molar-refractivity contribution in [3.05, 3.63) is 107 Å². The van der Waals surface area contributed by atoms with Crippen LogP contribution < -0.4 is 15.2 Å². The molecule has 4 aromatic rings. The van der Waals surface area contributed by atoms with E-state index in [1.165, 1.54) is 11.8 Å². The highest BCUT2D eigenvalue weighted by Gasteiger charge is 2.52. The smallest absolute Gasteiger partial charge is 0.279 e. The molecule has 10 nitrogen and oxygen atoms in total. The summed E-state index contributed by atoms with van der Waals surface area (Å²) in [5.41, 5.74) is 0.285. The third-order valence-electron chi connectivity index (χ3n) is 8.98. The minimum Gasteiger partial charge on any atom is -0.497 e. The molecule has 0 saturated carbocycles. The summed E-state index contributed by atoms with van der Waals surface area (Å²) in [7, 11) is 1.53. The number of ether oxygens (including phenoxy) is 1. The number of rotatable bonds is 9. The molecule has 0 spiro atoms. The second-order valence-electron chi connectivity index (χ2n) is 11.6. The number of nitrogens with zero attached hydrogens (tertiary/aromatic N) is 4. The maximum absolute atomic E-state index is 14.0. The predicted octanol–water partition coefficient (Wildman–Crippen LogP) is 3.69. The van der Waals surface area contributed by atoms with Crippen molar-refractivity contribution in [1.29, 1.82) is 0 Å². The van der Waals surface area contributed by atoms with E-state index < -0.39 is 17.4 Å². The van der Waals surface area contributed by atoms with Gasteiger partial charge in [0.1, 0.15) is 5.75 Å². The molecule has 2 amide bonds. The summed E-state index contributed by atoms with van der Waals surface area (Å²) in [4.78, 5) is 43.1. The van der Waals surface area contributed by atoms with Gasteiger partial charge in [-0.1, -0.05) is 49.4 Å². The Morgan fingerprint density at radius 1 is 1.13 bits per heavy atom. The van der Waals surface area contributed by atoms with Gasteiger partial charge in [0.05, 0.1) is 49.3 Å². The third kappa shape index (κ3) is 5.40. The summed E-state index contributed by atoms with van der Waals surface area (Å²) in [6.07, 6.45) is 6.81. The number of methoxy groups -OCH3 is 1. The number of hydrogen-bond donors (Lipinski definition) is 2. The van der Waals surface area contributed by atoms with E-state index in [0.29, 0.717) is 34.6 Å². The van der Waals surface area contributed by atoms with Crippen LogP contribution in [-0.2, 0) is 21.7 Å². The van der Waals surface area contributed by atoms with Crippen molar-refractivity contribution in [2.75, 3.05) is 25.2 Å². The molecule has 10 heteroatoms. The summed E-state index contributed by atoms with van der Waals surface area (Å²) >= 11 is 0. The van der Waals surface area contributed by atoms with Crippen LogP contribution in [0.1, 0.15) is 37.3 Å². The number of hydrogen-bond acceptors (Lipinski definition) is 7. The van der Waals surface area contributed by atoms with Crippen molar-refractivity contribution in [2.24, 2.45) is 5.92 Å². The quantitative estimate of drug-likeness (QED) is 0.278. The highest BCUT2D eigenvalue weighted by atomic mass is 16.5. The van der Waals surface area contributed by atoms with E-state index in [1.54, 1.807) is 71.5 Å². The Morgan fingerprint density at radius 2 is 1.91 bits per heavy atom. The zero-order valence-corrected chi connectivity index (χ0v) is 25.3. The molecule has 6 rings (SSSR count). The SMILES string of the molecule is COc1ccc2c(c1)[C@](O)([C@@H](C)/C=C/CC(=O)N1CCC[C@H]1CO)C(=O)N2Cc1ccc(-n2ncc3ccccc3c2=O)cc1. The maximum atomic E-state index is 14.0. The Hall–Kier alpha value is -4.80. The molecule has 1 aromatic heterocycles. The van der Waals surface area contributed by atoms with Crippen LogP contribution in [0.5, 0.6) is 5.75 Å². The second-order valence-corrected chi connectivity index (χ2v) is 11.6. The van der Waals surface area contributed by atoms with E-state index in [4.69, 9.17) is 4.74 Å². The van der Waals surface area contributed by atoms with E-state index in [-0.39, 0.29) is 37.1 Å². The summed E-state index contributed by atoms with van der Waals surface area (Å²) in [6, 6.07) is 19.6. The lowest BCUT2D eigenvalue weighted by Gasteiger charge is -2.28. The Balaban J connectivity index is 1.24. The first-order valence-corrected chi connectivity index (χ1v) is 15.1. The summed E-state index contributed by atoms with van der Waals surface area (Å²) < 4.78 is 6.77. The number of aliphatic hydroxyl groups is 2. The Morgan fingerprint density at radius 3 is 2.67 bits per heavy atom. The molecule has 1 saturated heterocycles. The Kier molecular flexibility index (Phi) is 8.26. The first-order valence-electron chi connectivity index (χ1n) is 15.1. The number of benzene rings is 3. The summed E-state index contributed by atoms with van der Waals surface area (Å²) in [5.74, 6) is -0.720. The van der Waals surface area contributed by atoms with Crippen LogP contribution >= 0.6 is 0 Å². The lowest BCUT2D eigenvalue weighted by atomic mass is 9.83. The molecule has 2 aliphatic rings. The minimum absolute atomic E-state index is 0.0594. The first-order chi connectivity index (χ1) is 21.8. The number of carbonyl (C=O) groups excluding carboxylic acids is 2. The Bertz CT molecular complexity index is 1830. The fraction of sp³-hybridized carbons (Fsp3) is 0.314. The van der Waals surface area contributed by atoms with Crippen LogP contribution in [-0.4, -0.2) is 63.0 Å². The number of aliphatic hydroxyl groups excluding tert-OH is 1. The van der Waals surface area contributed by atoms with Crippen molar-refractivity contribution in [1.82, 2.24) is 14.7 Å². The molecule has 3 aromatic carbocycles. The van der Waals surface area contributed by atoms with Gasteiger partial charge in [0.15, 0.2) is 5.60 Å². The van der Waals surface area contributed by atoms with Crippen LogP contribution in [0.15, 0.2) is 89.9 Å². The minimum atomic E-state index is -1.88. The number of amides is 2. The average Bonchev–Trinajstić information content (AvgIpc) is 3.63. The molecule has 3 heterocycles. The number of aromatic nitrogens is 2. The van der Waals surface area contributed by atoms with Crippen LogP contribution in [0, 0.1) is 5.92 Å². The van der Waals surface area contributed by atoms with Crippen molar-refractivity contribution < 1.29 is 24.5 Å². The topological polar surface area (TPSA) is 125 Å². The fourth-order valence-electron chi connectivity index (χ4n) is 6.39. The predicted molar refractivity (Wildman–Crippen MR) is 170 cm³/mol. The number of fused-ring (bicyclic) bond motifs is 2. The lowest BCUT2D eigenvalue weighted by Crippen LogP contribution is -2.44.